The molecule has 0 saturated heterocycles. The Balaban J connectivity index is 1.73. The third-order valence-corrected chi connectivity index (χ3v) is 3.95. The molecule has 2 N–H and O–H groups in total. The van der Waals surface area contributed by atoms with Crippen LogP contribution < -0.4 is 10.0 Å². The fraction of sp³-hybridized carbons (Fsp3) is 0.700. The van der Waals surface area contributed by atoms with E-state index in [1.807, 2.05) is 0 Å². The van der Waals surface area contributed by atoms with E-state index in [-0.39, 0.29) is 5.75 Å². The van der Waals surface area contributed by atoms with Gasteiger partial charge in [0.25, 0.3) is 0 Å². The first-order valence-corrected chi connectivity index (χ1v) is 7.43. The molecule has 6 nitrogen and oxygen atoms in total. The van der Waals surface area contributed by atoms with Gasteiger partial charge in [-0.1, -0.05) is 0 Å². The van der Waals surface area contributed by atoms with E-state index in [1.54, 1.807) is 17.9 Å². The monoisotopic (exact) mass is 258 g/mol. The SMILES string of the molecule is Cn1cc(NS(=O)(=O)CCCNC2CC2)cn1. The first-order valence-electron chi connectivity index (χ1n) is 5.78. The molecular formula is C10H18N4O2S. The molecule has 0 atom stereocenters. The number of anilines is 1. The summed E-state index contributed by atoms with van der Waals surface area (Å²) in [4.78, 5) is 0. The molecule has 1 heterocycles. The maximum Gasteiger partial charge on any atom is 0.232 e. The van der Waals surface area contributed by atoms with Crippen molar-refractivity contribution in [3.8, 4) is 0 Å². The van der Waals surface area contributed by atoms with Gasteiger partial charge in [0.15, 0.2) is 0 Å². The van der Waals surface area contributed by atoms with E-state index in [0.29, 0.717) is 18.2 Å². The summed E-state index contributed by atoms with van der Waals surface area (Å²) in [6, 6.07) is 0.629. The first-order chi connectivity index (χ1) is 8.05. The average molecular weight is 258 g/mol. The summed E-state index contributed by atoms with van der Waals surface area (Å²) in [6.45, 7) is 0.763. The van der Waals surface area contributed by atoms with E-state index >= 15 is 0 Å². The molecule has 0 unspecified atom stereocenters. The van der Waals surface area contributed by atoms with Crippen LogP contribution in [0.5, 0.6) is 0 Å². The van der Waals surface area contributed by atoms with Crippen molar-refractivity contribution >= 4 is 15.7 Å². The number of aromatic nitrogens is 2. The molecule has 1 fully saturated rings. The molecule has 1 aromatic rings. The minimum atomic E-state index is -3.24. The molecule has 0 radical (unpaired) electrons. The second-order valence-corrected chi connectivity index (χ2v) is 6.25. The van der Waals surface area contributed by atoms with Crippen LogP contribution >= 0.6 is 0 Å². The molecule has 0 aliphatic heterocycles. The number of hydrogen-bond acceptors (Lipinski definition) is 4. The van der Waals surface area contributed by atoms with Crippen molar-refractivity contribution in [3.05, 3.63) is 12.4 Å². The fourth-order valence-corrected chi connectivity index (χ4v) is 2.65. The topological polar surface area (TPSA) is 76.0 Å². The highest BCUT2D eigenvalue weighted by Crippen LogP contribution is 2.18. The maximum absolute atomic E-state index is 11.7. The van der Waals surface area contributed by atoms with Crippen LogP contribution in [0.1, 0.15) is 19.3 Å². The highest BCUT2D eigenvalue weighted by Gasteiger charge is 2.20. The minimum absolute atomic E-state index is 0.140. The molecule has 0 amide bonds. The third kappa shape index (κ3) is 4.35. The zero-order valence-electron chi connectivity index (χ0n) is 9.89. The standard InChI is InChI=1S/C10H18N4O2S/c1-14-8-10(7-12-14)13-17(15,16)6-2-5-11-9-3-4-9/h7-9,11,13H,2-6H2,1H3. The lowest BCUT2D eigenvalue weighted by Gasteiger charge is -2.06. The minimum Gasteiger partial charge on any atom is -0.314 e. The van der Waals surface area contributed by atoms with Crippen LogP contribution in [0.15, 0.2) is 12.4 Å². The van der Waals surface area contributed by atoms with Crippen LogP contribution in [-0.2, 0) is 17.1 Å². The first kappa shape index (κ1) is 12.4. The Bertz CT molecular complexity index is 464. The van der Waals surface area contributed by atoms with Gasteiger partial charge in [-0.05, 0) is 25.8 Å². The highest BCUT2D eigenvalue weighted by molar-refractivity contribution is 7.92. The Kier molecular flexibility index (Phi) is 3.68. The normalized spacial score (nSPS) is 16.1. The van der Waals surface area contributed by atoms with Crippen LogP contribution in [-0.4, -0.2) is 36.5 Å². The molecule has 17 heavy (non-hydrogen) atoms. The van der Waals surface area contributed by atoms with Gasteiger partial charge in [0.1, 0.15) is 0 Å². The number of aryl methyl sites for hydroxylation is 1. The van der Waals surface area contributed by atoms with Gasteiger partial charge in [-0.3, -0.25) is 9.40 Å². The number of nitrogens with zero attached hydrogens (tertiary/aromatic N) is 2. The van der Waals surface area contributed by atoms with Crippen LogP contribution in [0.3, 0.4) is 0 Å². The van der Waals surface area contributed by atoms with E-state index in [2.05, 4.69) is 15.1 Å². The van der Waals surface area contributed by atoms with Gasteiger partial charge in [-0.25, -0.2) is 8.42 Å². The lowest BCUT2D eigenvalue weighted by molar-refractivity contribution is 0.593. The van der Waals surface area contributed by atoms with E-state index in [1.165, 1.54) is 19.0 Å². The van der Waals surface area contributed by atoms with Gasteiger partial charge in [-0.15, -0.1) is 0 Å². The van der Waals surface area contributed by atoms with Crippen molar-refractivity contribution in [1.29, 1.82) is 0 Å². The molecule has 2 rings (SSSR count). The summed E-state index contributed by atoms with van der Waals surface area (Å²) in [5, 5.41) is 7.19. The fourth-order valence-electron chi connectivity index (χ4n) is 1.56. The Hall–Kier alpha value is -1.08. The lowest BCUT2D eigenvalue weighted by atomic mass is 10.5. The Morgan fingerprint density at radius 2 is 2.29 bits per heavy atom. The van der Waals surface area contributed by atoms with Gasteiger partial charge < -0.3 is 5.32 Å². The van der Waals surface area contributed by atoms with Crippen LogP contribution in [0, 0.1) is 0 Å². The second kappa shape index (κ2) is 5.05. The molecule has 1 aliphatic carbocycles. The lowest BCUT2D eigenvalue weighted by Crippen LogP contribution is -2.23. The van der Waals surface area contributed by atoms with Crippen molar-refractivity contribution in [2.75, 3.05) is 17.0 Å². The van der Waals surface area contributed by atoms with Gasteiger partial charge >= 0.3 is 0 Å². The zero-order chi connectivity index (χ0) is 12.3. The predicted molar refractivity (Wildman–Crippen MR) is 66.3 cm³/mol. The molecule has 0 spiro atoms. The number of rotatable bonds is 7. The Labute approximate surface area is 101 Å². The average Bonchev–Trinajstić information content (AvgIpc) is 2.98. The summed E-state index contributed by atoms with van der Waals surface area (Å²) in [7, 11) is -1.49. The summed E-state index contributed by atoms with van der Waals surface area (Å²) >= 11 is 0. The largest absolute Gasteiger partial charge is 0.314 e. The van der Waals surface area contributed by atoms with E-state index in [9.17, 15) is 8.42 Å². The molecular weight excluding hydrogens is 240 g/mol. The number of hydrogen-bond donors (Lipinski definition) is 2. The van der Waals surface area contributed by atoms with Crippen LogP contribution in [0.4, 0.5) is 5.69 Å². The Morgan fingerprint density at radius 1 is 1.53 bits per heavy atom. The second-order valence-electron chi connectivity index (χ2n) is 4.41. The molecule has 7 heteroatoms. The van der Waals surface area contributed by atoms with Crippen molar-refractivity contribution in [1.82, 2.24) is 15.1 Å². The van der Waals surface area contributed by atoms with E-state index in [4.69, 9.17) is 0 Å². The quantitative estimate of drug-likeness (QED) is 0.690. The van der Waals surface area contributed by atoms with Crippen LogP contribution in [0.2, 0.25) is 0 Å². The number of sulfonamides is 1. The number of nitrogens with one attached hydrogen (secondary N) is 2. The van der Waals surface area contributed by atoms with Gasteiger partial charge in [0.05, 0.1) is 17.6 Å². The van der Waals surface area contributed by atoms with Crippen molar-refractivity contribution in [3.63, 3.8) is 0 Å². The predicted octanol–water partition coefficient (Wildman–Crippen LogP) is 0.304. The maximum atomic E-state index is 11.7. The van der Waals surface area contributed by atoms with E-state index < -0.39 is 10.0 Å². The molecule has 1 aromatic heterocycles. The van der Waals surface area contributed by atoms with Crippen molar-refractivity contribution < 1.29 is 8.42 Å². The zero-order valence-corrected chi connectivity index (χ0v) is 10.7. The van der Waals surface area contributed by atoms with Crippen molar-refractivity contribution in [2.24, 2.45) is 7.05 Å². The summed E-state index contributed by atoms with van der Waals surface area (Å²) in [5.74, 6) is 0.140. The molecule has 1 aliphatic rings. The Morgan fingerprint density at radius 3 is 2.88 bits per heavy atom. The molecule has 0 aromatic carbocycles. The third-order valence-electron chi connectivity index (χ3n) is 2.58. The van der Waals surface area contributed by atoms with Gasteiger partial charge in [0, 0.05) is 19.3 Å². The van der Waals surface area contributed by atoms with Crippen molar-refractivity contribution in [2.45, 2.75) is 25.3 Å². The molecule has 0 bridgehead atoms. The van der Waals surface area contributed by atoms with Crippen LogP contribution in [0.25, 0.3) is 0 Å². The smallest absolute Gasteiger partial charge is 0.232 e. The summed E-state index contributed by atoms with van der Waals surface area (Å²) < 4.78 is 27.5. The summed E-state index contributed by atoms with van der Waals surface area (Å²) in [6.07, 6.45) is 6.22. The molecule has 96 valence electrons. The van der Waals surface area contributed by atoms with Gasteiger partial charge in [-0.2, -0.15) is 5.10 Å². The van der Waals surface area contributed by atoms with E-state index in [0.717, 1.165) is 6.54 Å². The van der Waals surface area contributed by atoms with Gasteiger partial charge in [0.2, 0.25) is 10.0 Å². The highest BCUT2D eigenvalue weighted by atomic mass is 32.2. The summed E-state index contributed by atoms with van der Waals surface area (Å²) in [5.41, 5.74) is 0.516. The molecule has 1 saturated carbocycles.